The molecule has 0 aliphatic heterocycles. The number of nitrogens with two attached hydrogens (primary N) is 1. The fraction of sp³-hybridized carbons (Fsp3) is 0.200. The van der Waals surface area contributed by atoms with Gasteiger partial charge in [-0.25, -0.2) is 14.7 Å². The van der Waals surface area contributed by atoms with Crippen LogP contribution in [0.1, 0.15) is 11.4 Å². The van der Waals surface area contributed by atoms with Gasteiger partial charge in [0.1, 0.15) is 0 Å². The van der Waals surface area contributed by atoms with Crippen LogP contribution in [0.25, 0.3) is 0 Å². The molecule has 0 saturated heterocycles. The summed E-state index contributed by atoms with van der Waals surface area (Å²) in [6.07, 6.45) is 1.34. The highest BCUT2D eigenvalue weighted by molar-refractivity contribution is 7.92. The molecule has 0 unspecified atom stereocenters. The molecule has 0 saturated carbocycles. The molecule has 2 aromatic heterocycles. The van der Waals surface area contributed by atoms with Gasteiger partial charge in [0.15, 0.2) is 5.03 Å². The SMILES string of the molecule is Cc1nnc(NS(=O)(=O)c2ncccc2N)nc1C. The molecule has 0 aliphatic carbocycles. The van der Waals surface area contributed by atoms with Gasteiger partial charge < -0.3 is 5.73 Å². The average molecular weight is 280 g/mol. The Morgan fingerprint density at radius 2 is 1.95 bits per heavy atom. The lowest BCUT2D eigenvalue weighted by Crippen LogP contribution is -2.18. The smallest absolute Gasteiger partial charge is 0.283 e. The molecule has 2 aromatic rings. The van der Waals surface area contributed by atoms with E-state index < -0.39 is 10.0 Å². The molecule has 0 amide bonds. The Morgan fingerprint density at radius 3 is 2.58 bits per heavy atom. The summed E-state index contributed by atoms with van der Waals surface area (Å²) in [6.45, 7) is 3.43. The molecular formula is C10H12N6O2S. The summed E-state index contributed by atoms with van der Waals surface area (Å²) >= 11 is 0. The van der Waals surface area contributed by atoms with Crippen LogP contribution >= 0.6 is 0 Å². The minimum Gasteiger partial charge on any atom is -0.396 e. The predicted octanol–water partition coefficient (Wildman–Crippen LogP) is 0.266. The van der Waals surface area contributed by atoms with Crippen molar-refractivity contribution < 1.29 is 8.42 Å². The first-order valence-corrected chi connectivity index (χ1v) is 6.79. The Labute approximate surface area is 110 Å². The van der Waals surface area contributed by atoms with Gasteiger partial charge in [0, 0.05) is 6.20 Å². The van der Waals surface area contributed by atoms with E-state index in [0.717, 1.165) is 0 Å². The van der Waals surface area contributed by atoms with Gasteiger partial charge in [0.25, 0.3) is 16.0 Å². The molecule has 0 aromatic carbocycles. The number of aryl methyl sites for hydroxylation is 2. The van der Waals surface area contributed by atoms with E-state index in [2.05, 4.69) is 24.9 Å². The molecule has 0 aliphatic rings. The van der Waals surface area contributed by atoms with E-state index in [1.54, 1.807) is 19.9 Å². The molecule has 0 spiro atoms. The molecule has 0 fully saturated rings. The number of nitrogens with zero attached hydrogens (tertiary/aromatic N) is 4. The Balaban J connectivity index is 2.37. The Bertz CT molecular complexity index is 716. The number of hydrogen-bond acceptors (Lipinski definition) is 7. The van der Waals surface area contributed by atoms with Gasteiger partial charge in [0.2, 0.25) is 0 Å². The van der Waals surface area contributed by atoms with Gasteiger partial charge in [-0.15, -0.1) is 5.10 Å². The lowest BCUT2D eigenvalue weighted by Gasteiger charge is -2.07. The minimum atomic E-state index is -3.92. The summed E-state index contributed by atoms with van der Waals surface area (Å²) in [5, 5.41) is 7.18. The predicted molar refractivity (Wildman–Crippen MR) is 68.8 cm³/mol. The van der Waals surface area contributed by atoms with Gasteiger partial charge in [-0.3, -0.25) is 0 Å². The van der Waals surface area contributed by atoms with Crippen molar-refractivity contribution in [2.75, 3.05) is 10.5 Å². The number of sulfonamides is 1. The van der Waals surface area contributed by atoms with Crippen molar-refractivity contribution in [3.63, 3.8) is 0 Å². The number of hydrogen-bond donors (Lipinski definition) is 2. The highest BCUT2D eigenvalue weighted by Gasteiger charge is 2.20. The van der Waals surface area contributed by atoms with Crippen LogP contribution in [0, 0.1) is 13.8 Å². The Morgan fingerprint density at radius 1 is 1.21 bits per heavy atom. The number of anilines is 2. The van der Waals surface area contributed by atoms with Crippen LogP contribution in [0.5, 0.6) is 0 Å². The van der Waals surface area contributed by atoms with Crippen LogP contribution in [-0.2, 0) is 10.0 Å². The normalized spacial score (nSPS) is 11.3. The summed E-state index contributed by atoms with van der Waals surface area (Å²) in [5.74, 6) is -0.117. The van der Waals surface area contributed by atoms with E-state index in [-0.39, 0.29) is 16.7 Å². The second-order valence-corrected chi connectivity index (χ2v) is 5.41. The van der Waals surface area contributed by atoms with E-state index in [9.17, 15) is 8.42 Å². The maximum atomic E-state index is 12.1. The lowest BCUT2D eigenvalue weighted by molar-refractivity contribution is 0.597. The van der Waals surface area contributed by atoms with Gasteiger partial charge in [-0.1, -0.05) is 0 Å². The quantitative estimate of drug-likeness (QED) is 0.826. The maximum Gasteiger partial charge on any atom is 0.283 e. The van der Waals surface area contributed by atoms with E-state index >= 15 is 0 Å². The molecule has 2 rings (SSSR count). The zero-order chi connectivity index (χ0) is 14.0. The molecule has 0 radical (unpaired) electrons. The molecule has 3 N–H and O–H groups in total. The summed E-state index contributed by atoms with van der Waals surface area (Å²) < 4.78 is 26.3. The first-order chi connectivity index (χ1) is 8.90. The monoisotopic (exact) mass is 280 g/mol. The molecule has 8 nitrogen and oxygen atoms in total. The van der Waals surface area contributed by atoms with Crippen LogP contribution in [0.4, 0.5) is 11.6 Å². The number of nitrogens with one attached hydrogen (secondary N) is 1. The van der Waals surface area contributed by atoms with E-state index in [4.69, 9.17) is 5.73 Å². The highest BCUT2D eigenvalue weighted by Crippen LogP contribution is 2.16. The van der Waals surface area contributed by atoms with Crippen LogP contribution in [0.15, 0.2) is 23.4 Å². The number of nitrogen functional groups attached to an aromatic ring is 1. The molecule has 100 valence electrons. The van der Waals surface area contributed by atoms with E-state index in [0.29, 0.717) is 11.4 Å². The van der Waals surface area contributed by atoms with Crippen molar-refractivity contribution in [3.05, 3.63) is 29.7 Å². The third-order valence-corrected chi connectivity index (χ3v) is 3.67. The lowest BCUT2D eigenvalue weighted by atomic mass is 10.4. The third kappa shape index (κ3) is 2.76. The molecular weight excluding hydrogens is 268 g/mol. The number of pyridine rings is 1. The van der Waals surface area contributed by atoms with E-state index in [1.807, 2.05) is 0 Å². The second kappa shape index (κ2) is 4.76. The fourth-order valence-electron chi connectivity index (χ4n) is 1.30. The molecule has 9 heteroatoms. The molecule has 19 heavy (non-hydrogen) atoms. The minimum absolute atomic E-state index is 0.0480. The third-order valence-electron chi connectivity index (χ3n) is 2.37. The molecule has 2 heterocycles. The summed E-state index contributed by atoms with van der Waals surface area (Å²) in [4.78, 5) is 7.72. The summed E-state index contributed by atoms with van der Waals surface area (Å²) in [7, 11) is -3.92. The van der Waals surface area contributed by atoms with Gasteiger partial charge in [0.05, 0.1) is 17.1 Å². The van der Waals surface area contributed by atoms with Crippen molar-refractivity contribution in [1.29, 1.82) is 0 Å². The van der Waals surface area contributed by atoms with Crippen molar-refractivity contribution in [1.82, 2.24) is 20.2 Å². The topological polar surface area (TPSA) is 124 Å². The Kier molecular flexibility index (Phi) is 3.30. The van der Waals surface area contributed by atoms with Gasteiger partial charge in [-0.2, -0.15) is 13.5 Å². The second-order valence-electron chi connectivity index (χ2n) is 3.81. The summed E-state index contributed by atoms with van der Waals surface area (Å²) in [5.41, 5.74) is 6.83. The Hall–Kier alpha value is -2.29. The van der Waals surface area contributed by atoms with Crippen molar-refractivity contribution in [2.45, 2.75) is 18.9 Å². The largest absolute Gasteiger partial charge is 0.396 e. The molecule has 0 bridgehead atoms. The van der Waals surface area contributed by atoms with E-state index in [1.165, 1.54) is 12.3 Å². The zero-order valence-corrected chi connectivity index (χ0v) is 11.1. The van der Waals surface area contributed by atoms with Crippen LogP contribution < -0.4 is 10.5 Å². The maximum absolute atomic E-state index is 12.1. The van der Waals surface area contributed by atoms with Crippen LogP contribution in [0.3, 0.4) is 0 Å². The van der Waals surface area contributed by atoms with Crippen LogP contribution in [-0.4, -0.2) is 28.6 Å². The van der Waals surface area contributed by atoms with Crippen molar-refractivity contribution >= 4 is 21.7 Å². The van der Waals surface area contributed by atoms with Crippen molar-refractivity contribution in [2.24, 2.45) is 0 Å². The van der Waals surface area contributed by atoms with Gasteiger partial charge in [-0.05, 0) is 26.0 Å². The summed E-state index contributed by atoms with van der Waals surface area (Å²) in [6, 6.07) is 2.99. The first kappa shape index (κ1) is 13.1. The zero-order valence-electron chi connectivity index (χ0n) is 10.3. The molecule has 0 atom stereocenters. The van der Waals surface area contributed by atoms with Gasteiger partial charge >= 0.3 is 0 Å². The van der Waals surface area contributed by atoms with Crippen molar-refractivity contribution in [3.8, 4) is 0 Å². The fourth-order valence-corrected chi connectivity index (χ4v) is 2.30. The van der Waals surface area contributed by atoms with Crippen LogP contribution in [0.2, 0.25) is 0 Å². The standard InChI is InChI=1S/C10H12N6O2S/c1-6-7(2)14-15-10(13-6)16-19(17,18)9-8(11)4-3-5-12-9/h3-5H,11H2,1-2H3,(H,13,15,16). The number of rotatable bonds is 3. The first-order valence-electron chi connectivity index (χ1n) is 5.31. The highest BCUT2D eigenvalue weighted by atomic mass is 32.2. The average Bonchev–Trinajstić information content (AvgIpc) is 2.34. The number of aromatic nitrogens is 4.